The molecule has 0 saturated carbocycles. The number of aliphatic hydroxyl groups excluding tert-OH is 1. The van der Waals surface area contributed by atoms with Crippen LogP contribution in [0.25, 0.3) is 10.9 Å². The number of ether oxygens (including phenoxy) is 1. The first kappa shape index (κ1) is 21.1. The number of nitrogens with zero attached hydrogens (tertiary/aromatic N) is 2. The Morgan fingerprint density at radius 3 is 2.97 bits per heavy atom. The van der Waals surface area contributed by atoms with Crippen molar-refractivity contribution in [2.24, 2.45) is 5.92 Å². The van der Waals surface area contributed by atoms with Crippen molar-refractivity contribution in [3.8, 4) is 5.75 Å². The fraction of sp³-hybridized carbons (Fsp3) is 0.560. The van der Waals surface area contributed by atoms with E-state index in [1.807, 2.05) is 12.1 Å². The van der Waals surface area contributed by atoms with E-state index in [0.29, 0.717) is 5.92 Å². The van der Waals surface area contributed by atoms with E-state index in [9.17, 15) is 5.11 Å². The lowest BCUT2D eigenvalue weighted by molar-refractivity contribution is 0.208. The number of benzene rings is 1. The van der Waals surface area contributed by atoms with Gasteiger partial charge in [-0.05, 0) is 75.6 Å². The molecule has 0 unspecified atom stereocenters. The summed E-state index contributed by atoms with van der Waals surface area (Å²) >= 11 is 0. The highest BCUT2D eigenvalue weighted by Crippen LogP contribution is 2.29. The molecule has 1 saturated heterocycles. The normalized spacial score (nSPS) is 19.7. The third kappa shape index (κ3) is 5.13. The standard InChI is InChI=1S/C25H35N3O2/c1-30-23-10-9-21-14-22(16-26-12-11-19-6-3-2-4-7-19)25(27-24(21)15-23)28-13-5-8-20(17-28)18-29/h6,9-10,14-15,20,26,29H,2-5,7-8,11-13,16-18H2,1H3/t20-/m1/s1. The van der Waals surface area contributed by atoms with E-state index >= 15 is 0 Å². The highest BCUT2D eigenvalue weighted by Gasteiger charge is 2.23. The van der Waals surface area contributed by atoms with Gasteiger partial charge in [0.1, 0.15) is 11.6 Å². The first-order chi connectivity index (χ1) is 14.8. The molecule has 0 bridgehead atoms. The van der Waals surface area contributed by atoms with Gasteiger partial charge < -0.3 is 20.1 Å². The van der Waals surface area contributed by atoms with E-state index in [-0.39, 0.29) is 6.61 Å². The highest BCUT2D eigenvalue weighted by molar-refractivity contribution is 5.83. The highest BCUT2D eigenvalue weighted by atomic mass is 16.5. The Kier molecular flexibility index (Phi) is 7.24. The van der Waals surface area contributed by atoms with Gasteiger partial charge in [-0.1, -0.05) is 11.6 Å². The monoisotopic (exact) mass is 409 g/mol. The van der Waals surface area contributed by atoms with Gasteiger partial charge >= 0.3 is 0 Å². The van der Waals surface area contributed by atoms with Gasteiger partial charge in [-0.25, -0.2) is 4.98 Å². The Hall–Kier alpha value is -2.11. The van der Waals surface area contributed by atoms with Gasteiger partial charge in [0.15, 0.2) is 0 Å². The van der Waals surface area contributed by atoms with Gasteiger partial charge in [0.05, 0.1) is 12.6 Å². The van der Waals surface area contributed by atoms with Crippen LogP contribution in [-0.4, -0.2) is 43.4 Å². The maximum atomic E-state index is 9.68. The minimum Gasteiger partial charge on any atom is -0.497 e. The number of allylic oxidation sites excluding steroid dienone is 1. The van der Waals surface area contributed by atoms with E-state index in [2.05, 4.69) is 28.4 Å². The van der Waals surface area contributed by atoms with E-state index in [4.69, 9.17) is 9.72 Å². The molecule has 1 atom stereocenters. The third-order valence-electron chi connectivity index (χ3n) is 6.48. The van der Waals surface area contributed by atoms with Crippen LogP contribution in [0.2, 0.25) is 0 Å². The fourth-order valence-electron chi connectivity index (χ4n) is 4.72. The smallest absolute Gasteiger partial charge is 0.133 e. The number of piperidine rings is 1. The van der Waals surface area contributed by atoms with Gasteiger partial charge in [0.2, 0.25) is 0 Å². The summed E-state index contributed by atoms with van der Waals surface area (Å²) < 4.78 is 5.41. The molecule has 1 aliphatic heterocycles. The molecule has 1 aromatic heterocycles. The van der Waals surface area contributed by atoms with Gasteiger partial charge in [-0.3, -0.25) is 0 Å². The van der Waals surface area contributed by atoms with Crippen LogP contribution < -0.4 is 15.0 Å². The Labute approximate surface area is 180 Å². The van der Waals surface area contributed by atoms with Crippen LogP contribution in [0.1, 0.15) is 50.5 Å². The van der Waals surface area contributed by atoms with Crippen LogP contribution in [0.3, 0.4) is 0 Å². The van der Waals surface area contributed by atoms with Crippen LogP contribution in [0.15, 0.2) is 35.9 Å². The summed E-state index contributed by atoms with van der Waals surface area (Å²) in [4.78, 5) is 7.42. The van der Waals surface area contributed by atoms with E-state index in [1.165, 1.54) is 31.2 Å². The SMILES string of the molecule is COc1ccc2cc(CNCCC3=CCCCC3)c(N3CCC[C@@H](CO)C3)nc2c1. The van der Waals surface area contributed by atoms with Gasteiger partial charge in [-0.2, -0.15) is 0 Å². The lowest BCUT2D eigenvalue weighted by atomic mass is 9.97. The number of hydrogen-bond donors (Lipinski definition) is 2. The number of anilines is 1. The van der Waals surface area contributed by atoms with Crippen molar-refractivity contribution in [2.45, 2.75) is 51.5 Å². The summed E-state index contributed by atoms with van der Waals surface area (Å²) in [5, 5.41) is 14.5. The lowest BCUT2D eigenvalue weighted by Crippen LogP contribution is -2.38. The summed E-state index contributed by atoms with van der Waals surface area (Å²) in [6.45, 7) is 3.95. The predicted molar refractivity (Wildman–Crippen MR) is 123 cm³/mol. The van der Waals surface area contributed by atoms with Crippen molar-refractivity contribution in [1.82, 2.24) is 10.3 Å². The molecule has 162 valence electrons. The zero-order valence-corrected chi connectivity index (χ0v) is 18.2. The average Bonchev–Trinajstić information content (AvgIpc) is 2.81. The topological polar surface area (TPSA) is 57.6 Å². The quantitative estimate of drug-likeness (QED) is 0.499. The fourth-order valence-corrected chi connectivity index (χ4v) is 4.72. The average molecular weight is 410 g/mol. The molecule has 2 aromatic rings. The molecule has 30 heavy (non-hydrogen) atoms. The molecule has 0 radical (unpaired) electrons. The molecule has 2 heterocycles. The summed E-state index contributed by atoms with van der Waals surface area (Å²) in [5.74, 6) is 2.22. The van der Waals surface area contributed by atoms with Crippen LogP contribution >= 0.6 is 0 Å². The summed E-state index contributed by atoms with van der Waals surface area (Å²) in [7, 11) is 1.69. The number of aromatic nitrogens is 1. The third-order valence-corrected chi connectivity index (χ3v) is 6.48. The number of rotatable bonds is 8. The Morgan fingerprint density at radius 2 is 2.17 bits per heavy atom. The molecule has 5 nitrogen and oxygen atoms in total. The number of methoxy groups -OCH3 is 1. The molecule has 0 amide bonds. The molecule has 1 aliphatic carbocycles. The first-order valence-electron chi connectivity index (χ1n) is 11.5. The number of hydrogen-bond acceptors (Lipinski definition) is 5. The zero-order valence-electron chi connectivity index (χ0n) is 18.2. The van der Waals surface area contributed by atoms with Crippen molar-refractivity contribution in [1.29, 1.82) is 0 Å². The van der Waals surface area contributed by atoms with Crippen LogP contribution in [0.5, 0.6) is 5.75 Å². The number of aliphatic hydroxyl groups is 1. The van der Waals surface area contributed by atoms with Crippen molar-refractivity contribution in [3.05, 3.63) is 41.5 Å². The minimum atomic E-state index is 0.251. The van der Waals surface area contributed by atoms with Crippen LogP contribution in [-0.2, 0) is 6.54 Å². The maximum Gasteiger partial charge on any atom is 0.133 e. The number of nitrogens with one attached hydrogen (secondary N) is 1. The largest absolute Gasteiger partial charge is 0.497 e. The predicted octanol–water partition coefficient (Wildman–Crippen LogP) is 4.43. The molecule has 2 aliphatic rings. The zero-order chi connectivity index (χ0) is 20.8. The second-order valence-corrected chi connectivity index (χ2v) is 8.70. The second-order valence-electron chi connectivity index (χ2n) is 8.70. The summed E-state index contributed by atoms with van der Waals surface area (Å²) in [6, 6.07) is 8.37. The molecular formula is C25H35N3O2. The molecule has 0 spiro atoms. The Bertz CT molecular complexity index is 880. The molecule has 4 rings (SSSR count). The molecule has 5 heteroatoms. The Morgan fingerprint density at radius 1 is 1.23 bits per heavy atom. The van der Waals surface area contributed by atoms with Gasteiger partial charge in [0.25, 0.3) is 0 Å². The maximum absolute atomic E-state index is 9.68. The van der Waals surface area contributed by atoms with Crippen molar-refractivity contribution in [3.63, 3.8) is 0 Å². The lowest BCUT2D eigenvalue weighted by Gasteiger charge is -2.34. The van der Waals surface area contributed by atoms with Crippen molar-refractivity contribution < 1.29 is 9.84 Å². The molecule has 1 aromatic carbocycles. The van der Waals surface area contributed by atoms with Crippen LogP contribution in [0.4, 0.5) is 5.82 Å². The summed E-state index contributed by atoms with van der Waals surface area (Å²) in [5.41, 5.74) is 3.81. The van der Waals surface area contributed by atoms with Crippen molar-refractivity contribution >= 4 is 16.7 Å². The number of fused-ring (bicyclic) bond motifs is 1. The van der Waals surface area contributed by atoms with Crippen LogP contribution in [0, 0.1) is 5.92 Å². The first-order valence-corrected chi connectivity index (χ1v) is 11.5. The number of pyridine rings is 1. The molecular weight excluding hydrogens is 374 g/mol. The molecule has 2 N–H and O–H groups in total. The van der Waals surface area contributed by atoms with E-state index in [1.54, 1.807) is 12.7 Å². The van der Waals surface area contributed by atoms with Crippen molar-refractivity contribution in [2.75, 3.05) is 38.3 Å². The van der Waals surface area contributed by atoms with Gasteiger partial charge in [-0.15, -0.1) is 0 Å². The second kappa shape index (κ2) is 10.3. The van der Waals surface area contributed by atoms with Gasteiger partial charge in [0, 0.05) is 43.3 Å². The van der Waals surface area contributed by atoms with E-state index in [0.717, 1.165) is 67.9 Å². The summed E-state index contributed by atoms with van der Waals surface area (Å²) in [6.07, 6.45) is 11.0. The molecule has 1 fully saturated rings. The van der Waals surface area contributed by atoms with E-state index < -0.39 is 0 Å². The Balaban J connectivity index is 1.53. The minimum absolute atomic E-state index is 0.251.